The Hall–Kier alpha value is -3.56. The van der Waals surface area contributed by atoms with Gasteiger partial charge >= 0.3 is 0 Å². The van der Waals surface area contributed by atoms with Crippen LogP contribution in [-0.4, -0.2) is 19.3 Å². The number of anilines is 2. The van der Waals surface area contributed by atoms with Gasteiger partial charge in [-0.05, 0) is 48.9 Å². The van der Waals surface area contributed by atoms with Crippen LogP contribution in [0.25, 0.3) is 0 Å². The fraction of sp³-hybridized carbons (Fsp3) is 0.0833. The number of hydrogen-bond donors (Lipinski definition) is 2. The van der Waals surface area contributed by atoms with Crippen LogP contribution in [-0.2, 0) is 16.4 Å². The van der Waals surface area contributed by atoms with Gasteiger partial charge in [0.05, 0.1) is 27.0 Å². The topological polar surface area (TPSA) is 88.2 Å². The van der Waals surface area contributed by atoms with Crippen LogP contribution < -0.4 is 10.0 Å². The number of carbonyl (C=O) groups excluding carboxylic acids is 1. The van der Waals surface area contributed by atoms with E-state index in [1.165, 1.54) is 29.5 Å². The number of carbonyl (C=O) groups is 1. The zero-order valence-electron chi connectivity index (χ0n) is 17.6. The van der Waals surface area contributed by atoms with Crippen molar-refractivity contribution in [3.05, 3.63) is 106 Å². The summed E-state index contributed by atoms with van der Waals surface area (Å²) in [7, 11) is -3.97. The number of halogens is 1. The van der Waals surface area contributed by atoms with Gasteiger partial charge in [0.1, 0.15) is 10.7 Å². The van der Waals surface area contributed by atoms with Crippen LogP contribution in [0.1, 0.15) is 25.9 Å². The lowest BCUT2D eigenvalue weighted by molar-refractivity contribution is 0.103. The number of hydrogen-bond acceptors (Lipinski definition) is 5. The van der Waals surface area contributed by atoms with Crippen LogP contribution in [0, 0.1) is 12.7 Å². The molecule has 0 spiro atoms. The van der Waals surface area contributed by atoms with Crippen molar-refractivity contribution in [2.24, 2.45) is 0 Å². The molecule has 4 aromatic rings. The number of amides is 1. The molecule has 0 radical (unpaired) electrons. The first-order valence-corrected chi connectivity index (χ1v) is 12.3. The van der Waals surface area contributed by atoms with E-state index in [1.807, 2.05) is 30.3 Å². The lowest BCUT2D eigenvalue weighted by atomic mass is 10.2. The molecule has 0 fully saturated rings. The monoisotopic (exact) mass is 481 g/mol. The quantitative estimate of drug-likeness (QED) is 0.378. The minimum absolute atomic E-state index is 0.0890. The molecule has 33 heavy (non-hydrogen) atoms. The van der Waals surface area contributed by atoms with E-state index in [2.05, 4.69) is 15.0 Å². The molecule has 0 atom stereocenters. The van der Waals surface area contributed by atoms with Gasteiger partial charge in [0.25, 0.3) is 15.9 Å². The Morgan fingerprint density at radius 2 is 1.58 bits per heavy atom. The van der Waals surface area contributed by atoms with E-state index >= 15 is 0 Å². The van der Waals surface area contributed by atoms with E-state index in [0.29, 0.717) is 22.7 Å². The van der Waals surface area contributed by atoms with Gasteiger partial charge in [0.15, 0.2) is 0 Å². The van der Waals surface area contributed by atoms with Gasteiger partial charge in [-0.1, -0.05) is 42.5 Å². The van der Waals surface area contributed by atoms with Gasteiger partial charge in [0, 0.05) is 6.42 Å². The standard InChI is InChI=1S/C24H20FN3O3S2/c1-16-23(32-22(26-16)15-17-7-3-2-4-8-17)24(29)27-20-9-5-6-10-21(20)28-33(30,31)19-13-11-18(25)12-14-19/h2-14,28H,15H2,1H3,(H,27,29). The number of aryl methyl sites for hydroxylation is 1. The second-order valence-electron chi connectivity index (χ2n) is 7.24. The number of thiazole rings is 1. The fourth-order valence-electron chi connectivity index (χ4n) is 3.19. The Bertz CT molecular complexity index is 1390. The molecule has 6 nitrogen and oxygen atoms in total. The van der Waals surface area contributed by atoms with Crippen molar-refractivity contribution in [2.75, 3.05) is 10.0 Å². The third-order valence-electron chi connectivity index (χ3n) is 4.79. The minimum Gasteiger partial charge on any atom is -0.319 e. The average molecular weight is 482 g/mol. The van der Waals surface area contributed by atoms with Crippen LogP contribution in [0.4, 0.5) is 15.8 Å². The van der Waals surface area contributed by atoms with Gasteiger partial charge in [-0.3, -0.25) is 9.52 Å². The molecule has 2 N–H and O–H groups in total. The Kier molecular flexibility index (Phi) is 6.52. The summed E-state index contributed by atoms with van der Waals surface area (Å²) in [5.41, 5.74) is 2.19. The van der Waals surface area contributed by atoms with Crippen LogP contribution in [0.2, 0.25) is 0 Å². The lowest BCUT2D eigenvalue weighted by Crippen LogP contribution is -2.17. The summed E-state index contributed by atoms with van der Waals surface area (Å²) in [6.45, 7) is 1.77. The molecular formula is C24H20FN3O3S2. The van der Waals surface area contributed by atoms with Crippen molar-refractivity contribution in [2.45, 2.75) is 18.2 Å². The molecule has 3 aromatic carbocycles. The molecule has 0 aliphatic rings. The van der Waals surface area contributed by atoms with Gasteiger partial charge < -0.3 is 5.32 Å². The highest BCUT2D eigenvalue weighted by atomic mass is 32.2. The van der Waals surface area contributed by atoms with Crippen LogP contribution in [0.3, 0.4) is 0 Å². The van der Waals surface area contributed by atoms with Crippen molar-refractivity contribution >= 4 is 38.6 Å². The molecule has 0 bridgehead atoms. The van der Waals surface area contributed by atoms with Crippen molar-refractivity contribution in [1.82, 2.24) is 4.98 Å². The molecule has 0 unspecified atom stereocenters. The molecule has 1 heterocycles. The molecule has 0 aliphatic carbocycles. The van der Waals surface area contributed by atoms with Crippen LogP contribution in [0.5, 0.6) is 0 Å². The first kappa shape index (κ1) is 22.6. The zero-order valence-corrected chi connectivity index (χ0v) is 19.2. The zero-order chi connectivity index (χ0) is 23.4. The summed E-state index contributed by atoms with van der Waals surface area (Å²) in [4.78, 5) is 17.8. The van der Waals surface area contributed by atoms with Gasteiger partial charge in [-0.25, -0.2) is 17.8 Å². The molecule has 9 heteroatoms. The second kappa shape index (κ2) is 9.51. The van der Waals surface area contributed by atoms with Crippen molar-refractivity contribution in [3.8, 4) is 0 Å². The number of sulfonamides is 1. The highest BCUT2D eigenvalue weighted by molar-refractivity contribution is 7.92. The van der Waals surface area contributed by atoms with Crippen molar-refractivity contribution in [3.63, 3.8) is 0 Å². The fourth-order valence-corrected chi connectivity index (χ4v) is 5.26. The maximum atomic E-state index is 13.2. The Morgan fingerprint density at radius 3 is 2.27 bits per heavy atom. The Morgan fingerprint density at radius 1 is 0.939 bits per heavy atom. The summed E-state index contributed by atoms with van der Waals surface area (Å²) < 4.78 is 41.0. The van der Waals surface area contributed by atoms with E-state index in [-0.39, 0.29) is 16.5 Å². The van der Waals surface area contributed by atoms with E-state index in [9.17, 15) is 17.6 Å². The van der Waals surface area contributed by atoms with E-state index in [1.54, 1.807) is 25.1 Å². The minimum atomic E-state index is -3.97. The number of aromatic nitrogens is 1. The number of benzene rings is 3. The molecule has 0 aliphatic heterocycles. The molecule has 0 saturated heterocycles. The third-order valence-corrected chi connectivity index (χ3v) is 7.33. The average Bonchev–Trinajstić information content (AvgIpc) is 3.16. The maximum Gasteiger partial charge on any atom is 0.267 e. The Labute approximate surface area is 195 Å². The predicted molar refractivity (Wildman–Crippen MR) is 128 cm³/mol. The summed E-state index contributed by atoms with van der Waals surface area (Å²) >= 11 is 1.30. The number of nitrogens with zero attached hydrogens (tertiary/aromatic N) is 1. The number of para-hydroxylation sites is 2. The van der Waals surface area contributed by atoms with Gasteiger partial charge in [-0.15, -0.1) is 11.3 Å². The maximum absolute atomic E-state index is 13.2. The molecule has 4 rings (SSSR count). The lowest BCUT2D eigenvalue weighted by Gasteiger charge is -2.13. The predicted octanol–water partition coefficient (Wildman–Crippen LogP) is 5.23. The summed E-state index contributed by atoms with van der Waals surface area (Å²) in [6.07, 6.45) is 0.619. The Balaban J connectivity index is 1.53. The van der Waals surface area contributed by atoms with Gasteiger partial charge in [0.2, 0.25) is 0 Å². The smallest absolute Gasteiger partial charge is 0.267 e. The SMILES string of the molecule is Cc1nc(Cc2ccccc2)sc1C(=O)Nc1ccccc1NS(=O)(=O)c1ccc(F)cc1. The highest BCUT2D eigenvalue weighted by Crippen LogP contribution is 2.27. The largest absolute Gasteiger partial charge is 0.319 e. The number of nitrogens with one attached hydrogen (secondary N) is 2. The van der Waals surface area contributed by atoms with Crippen molar-refractivity contribution < 1.29 is 17.6 Å². The summed E-state index contributed by atoms with van der Waals surface area (Å²) in [5.74, 6) is -0.911. The highest BCUT2D eigenvalue weighted by Gasteiger charge is 2.19. The molecule has 168 valence electrons. The first-order chi connectivity index (χ1) is 15.8. The first-order valence-electron chi connectivity index (χ1n) is 10.0. The van der Waals surface area contributed by atoms with E-state index in [4.69, 9.17) is 0 Å². The molecule has 0 saturated carbocycles. The summed E-state index contributed by atoms with van der Waals surface area (Å²) in [6, 6.07) is 20.8. The van der Waals surface area contributed by atoms with E-state index < -0.39 is 15.8 Å². The van der Waals surface area contributed by atoms with Crippen molar-refractivity contribution in [1.29, 1.82) is 0 Å². The second-order valence-corrected chi connectivity index (χ2v) is 10.0. The van der Waals surface area contributed by atoms with E-state index in [0.717, 1.165) is 22.7 Å². The van der Waals surface area contributed by atoms with Crippen LogP contribution >= 0.6 is 11.3 Å². The molecule has 1 aromatic heterocycles. The normalized spacial score (nSPS) is 11.2. The molecular weight excluding hydrogens is 461 g/mol. The molecule has 1 amide bonds. The third kappa shape index (κ3) is 5.44. The number of rotatable bonds is 7. The summed E-state index contributed by atoms with van der Waals surface area (Å²) in [5, 5.41) is 3.59. The van der Waals surface area contributed by atoms with Gasteiger partial charge in [-0.2, -0.15) is 0 Å². The van der Waals surface area contributed by atoms with Crippen LogP contribution in [0.15, 0.2) is 83.8 Å².